The molecule has 0 bridgehead atoms. The van der Waals surface area contributed by atoms with E-state index in [9.17, 15) is 9.59 Å². The number of ether oxygens (including phenoxy) is 2. The van der Waals surface area contributed by atoms with Crippen LogP contribution in [-0.4, -0.2) is 48.2 Å². The Morgan fingerprint density at radius 1 is 1.09 bits per heavy atom. The third-order valence-corrected chi connectivity index (χ3v) is 4.46. The van der Waals surface area contributed by atoms with Crippen molar-refractivity contribution in [1.29, 1.82) is 0 Å². The van der Waals surface area contributed by atoms with Gasteiger partial charge in [-0.05, 0) is 17.7 Å². The summed E-state index contributed by atoms with van der Waals surface area (Å²) in [7, 11) is 1.52. The smallest absolute Gasteiger partial charge is 0.327 e. The summed E-state index contributed by atoms with van der Waals surface area (Å²) in [6, 6.07) is 5.34. The second-order valence-corrected chi connectivity index (χ2v) is 5.76. The summed E-state index contributed by atoms with van der Waals surface area (Å²) in [6.07, 6.45) is 7.86. The highest BCUT2D eigenvalue weighted by molar-refractivity contribution is 6.02. The number of imide groups is 1. The number of carbonyl (C=O) groups is 2. The number of hydrogen-bond acceptors (Lipinski definition) is 4. The first-order chi connectivity index (χ1) is 11.1. The van der Waals surface area contributed by atoms with E-state index in [1.807, 2.05) is 42.5 Å². The molecule has 6 nitrogen and oxygen atoms in total. The largest absolute Gasteiger partial charge is 0.454 e. The molecule has 3 amide bonds. The highest BCUT2D eigenvalue weighted by Gasteiger charge is 2.40. The van der Waals surface area contributed by atoms with Crippen molar-refractivity contribution >= 4 is 11.9 Å². The average Bonchev–Trinajstić information content (AvgIpc) is 3.14. The standard InChI is InChI=1S/C17H16N2O4/c1-18-16(20)9-19(17(18)21)13-5-3-2-4-12(13)11-6-7-14-15(8-11)23-10-22-14/h2-8,12-13H,9-10H2,1H3/t12-,13+/m1/s1. The minimum atomic E-state index is -0.259. The Morgan fingerprint density at radius 3 is 2.65 bits per heavy atom. The zero-order chi connectivity index (χ0) is 16.0. The Labute approximate surface area is 133 Å². The van der Waals surface area contributed by atoms with Crippen molar-refractivity contribution in [2.45, 2.75) is 12.0 Å². The molecule has 0 N–H and O–H groups in total. The highest BCUT2D eigenvalue weighted by Crippen LogP contribution is 2.38. The maximum Gasteiger partial charge on any atom is 0.327 e. The molecule has 2 atom stereocenters. The molecule has 1 aromatic rings. The fourth-order valence-electron chi connectivity index (χ4n) is 3.17. The third kappa shape index (κ3) is 2.18. The fraction of sp³-hybridized carbons (Fsp3) is 0.294. The minimum absolute atomic E-state index is 0.0299. The van der Waals surface area contributed by atoms with Gasteiger partial charge in [-0.25, -0.2) is 4.79 Å². The van der Waals surface area contributed by atoms with Gasteiger partial charge >= 0.3 is 6.03 Å². The van der Waals surface area contributed by atoms with Gasteiger partial charge in [-0.3, -0.25) is 9.69 Å². The summed E-state index contributed by atoms with van der Waals surface area (Å²) in [5.41, 5.74) is 1.02. The normalized spacial score (nSPS) is 25.6. The molecule has 118 valence electrons. The number of hydrogen-bond donors (Lipinski definition) is 0. The lowest BCUT2D eigenvalue weighted by Crippen LogP contribution is -2.41. The predicted octanol–water partition coefficient (Wildman–Crippen LogP) is 1.89. The van der Waals surface area contributed by atoms with E-state index in [0.29, 0.717) is 5.75 Å². The van der Waals surface area contributed by atoms with E-state index >= 15 is 0 Å². The molecule has 1 saturated heterocycles. The molecule has 2 aliphatic heterocycles. The Bertz CT molecular complexity index is 740. The van der Waals surface area contributed by atoms with Crippen LogP contribution in [0.1, 0.15) is 11.5 Å². The van der Waals surface area contributed by atoms with Gasteiger partial charge in [-0.1, -0.05) is 30.4 Å². The van der Waals surface area contributed by atoms with E-state index in [2.05, 4.69) is 0 Å². The van der Waals surface area contributed by atoms with Crippen molar-refractivity contribution in [1.82, 2.24) is 9.80 Å². The number of allylic oxidation sites excluding steroid dienone is 2. The molecule has 2 heterocycles. The zero-order valence-electron chi connectivity index (χ0n) is 12.6. The summed E-state index contributed by atoms with van der Waals surface area (Å²) in [6.45, 7) is 0.339. The number of likely N-dealkylation sites (N-methyl/N-ethyl adjacent to an activating group) is 1. The Hall–Kier alpha value is -2.76. The van der Waals surface area contributed by atoms with Gasteiger partial charge in [0.15, 0.2) is 11.5 Å². The van der Waals surface area contributed by atoms with Gasteiger partial charge in [0.05, 0.1) is 6.04 Å². The van der Waals surface area contributed by atoms with Gasteiger partial charge in [0.25, 0.3) is 0 Å². The Balaban J connectivity index is 1.67. The van der Waals surface area contributed by atoms with Gasteiger partial charge in [0, 0.05) is 13.0 Å². The van der Waals surface area contributed by atoms with Crippen LogP contribution >= 0.6 is 0 Å². The molecule has 1 aromatic carbocycles. The topological polar surface area (TPSA) is 59.1 Å². The van der Waals surface area contributed by atoms with Gasteiger partial charge in [0.1, 0.15) is 6.54 Å². The number of fused-ring (bicyclic) bond motifs is 1. The molecule has 0 aromatic heterocycles. The van der Waals surface area contributed by atoms with Crippen LogP contribution in [0.15, 0.2) is 42.5 Å². The van der Waals surface area contributed by atoms with Crippen molar-refractivity contribution in [2.24, 2.45) is 0 Å². The Morgan fingerprint density at radius 2 is 1.87 bits per heavy atom. The van der Waals surface area contributed by atoms with Gasteiger partial charge in [-0.15, -0.1) is 0 Å². The van der Waals surface area contributed by atoms with Crippen LogP contribution in [0.5, 0.6) is 11.5 Å². The molecule has 6 heteroatoms. The maximum absolute atomic E-state index is 12.3. The summed E-state index contributed by atoms with van der Waals surface area (Å²) in [5, 5.41) is 0. The molecular weight excluding hydrogens is 296 g/mol. The van der Waals surface area contributed by atoms with Crippen LogP contribution in [0, 0.1) is 0 Å². The zero-order valence-corrected chi connectivity index (χ0v) is 12.6. The van der Waals surface area contributed by atoms with Crippen molar-refractivity contribution in [3.8, 4) is 11.5 Å². The van der Waals surface area contributed by atoms with E-state index in [0.717, 1.165) is 11.3 Å². The average molecular weight is 312 g/mol. The third-order valence-electron chi connectivity index (χ3n) is 4.46. The van der Waals surface area contributed by atoms with E-state index in [-0.39, 0.29) is 37.2 Å². The summed E-state index contributed by atoms with van der Waals surface area (Å²) in [4.78, 5) is 26.9. The van der Waals surface area contributed by atoms with Crippen LogP contribution < -0.4 is 9.47 Å². The molecule has 3 aliphatic rings. The first kappa shape index (κ1) is 13.9. The van der Waals surface area contributed by atoms with Crippen LogP contribution in [0.25, 0.3) is 0 Å². The minimum Gasteiger partial charge on any atom is -0.454 e. The lowest BCUT2D eigenvalue weighted by molar-refractivity contribution is -0.124. The second kappa shape index (κ2) is 5.15. The van der Waals surface area contributed by atoms with Crippen LogP contribution in [0.2, 0.25) is 0 Å². The van der Waals surface area contributed by atoms with Crippen LogP contribution in [0.3, 0.4) is 0 Å². The molecule has 0 saturated carbocycles. The summed E-state index contributed by atoms with van der Waals surface area (Å²) >= 11 is 0. The van der Waals surface area contributed by atoms with Crippen LogP contribution in [0.4, 0.5) is 4.79 Å². The predicted molar refractivity (Wildman–Crippen MR) is 82.2 cm³/mol. The van der Waals surface area contributed by atoms with E-state index in [4.69, 9.17) is 9.47 Å². The molecule has 1 fully saturated rings. The quantitative estimate of drug-likeness (QED) is 0.783. The SMILES string of the molecule is CN1C(=O)CN([C@H]2C=CC=C[C@@H]2c2ccc3c(c2)OCO3)C1=O. The van der Waals surface area contributed by atoms with Crippen molar-refractivity contribution in [3.05, 3.63) is 48.1 Å². The monoisotopic (exact) mass is 312 g/mol. The number of nitrogens with zero attached hydrogens (tertiary/aromatic N) is 2. The van der Waals surface area contributed by atoms with Crippen molar-refractivity contribution < 1.29 is 19.1 Å². The van der Waals surface area contributed by atoms with Crippen molar-refractivity contribution in [3.63, 3.8) is 0 Å². The van der Waals surface area contributed by atoms with E-state index < -0.39 is 0 Å². The maximum atomic E-state index is 12.3. The molecule has 1 aliphatic carbocycles. The molecule has 0 spiro atoms. The number of amides is 3. The summed E-state index contributed by atoms with van der Waals surface area (Å²) in [5.74, 6) is 1.23. The summed E-state index contributed by atoms with van der Waals surface area (Å²) < 4.78 is 10.8. The number of carbonyl (C=O) groups excluding carboxylic acids is 2. The van der Waals surface area contributed by atoms with E-state index in [1.165, 1.54) is 11.9 Å². The highest BCUT2D eigenvalue weighted by atomic mass is 16.7. The second-order valence-electron chi connectivity index (χ2n) is 5.76. The number of rotatable bonds is 2. The van der Waals surface area contributed by atoms with Crippen molar-refractivity contribution in [2.75, 3.05) is 20.4 Å². The molecule has 23 heavy (non-hydrogen) atoms. The van der Waals surface area contributed by atoms with Gasteiger partial charge < -0.3 is 14.4 Å². The molecule has 0 radical (unpaired) electrons. The molecular formula is C17H16N2O4. The first-order valence-corrected chi connectivity index (χ1v) is 7.47. The first-order valence-electron chi connectivity index (χ1n) is 7.47. The fourth-order valence-corrected chi connectivity index (χ4v) is 3.17. The van der Waals surface area contributed by atoms with Gasteiger partial charge in [-0.2, -0.15) is 0 Å². The lowest BCUT2D eigenvalue weighted by Gasteiger charge is -2.31. The van der Waals surface area contributed by atoms with Gasteiger partial charge in [0.2, 0.25) is 12.7 Å². The lowest BCUT2D eigenvalue weighted by atomic mass is 9.87. The number of benzene rings is 1. The van der Waals surface area contributed by atoms with E-state index in [1.54, 1.807) is 4.90 Å². The number of urea groups is 1. The molecule has 0 unspecified atom stereocenters. The molecule has 4 rings (SSSR count). The van der Waals surface area contributed by atoms with Crippen LogP contribution in [-0.2, 0) is 4.79 Å². The Kier molecular flexibility index (Phi) is 3.11.